The molecule has 1 amide bonds. The van der Waals surface area contributed by atoms with Crippen LogP contribution in [0.15, 0.2) is 30.3 Å². The fourth-order valence-electron chi connectivity index (χ4n) is 3.32. The average molecular weight is 332 g/mol. The van der Waals surface area contributed by atoms with Crippen molar-refractivity contribution in [2.75, 3.05) is 31.1 Å². The van der Waals surface area contributed by atoms with Crippen molar-refractivity contribution >= 4 is 23.5 Å². The molecule has 2 aliphatic rings. The van der Waals surface area contributed by atoms with Crippen LogP contribution in [0.3, 0.4) is 0 Å². The molecule has 2 saturated heterocycles. The molecule has 124 valence electrons. The minimum absolute atomic E-state index is 0.0600. The van der Waals surface area contributed by atoms with Crippen molar-refractivity contribution in [3.05, 3.63) is 35.9 Å². The van der Waals surface area contributed by atoms with Crippen LogP contribution in [0.4, 0.5) is 0 Å². The number of nitrogens with one attached hydrogen (secondary N) is 1. The summed E-state index contributed by atoms with van der Waals surface area (Å²) in [7, 11) is 0. The van der Waals surface area contributed by atoms with Crippen LogP contribution in [0.5, 0.6) is 0 Å². The van der Waals surface area contributed by atoms with E-state index in [1.54, 1.807) is 0 Å². The van der Waals surface area contributed by atoms with Crippen LogP contribution in [0.25, 0.3) is 0 Å². The van der Waals surface area contributed by atoms with Crippen molar-refractivity contribution < 1.29 is 9.59 Å². The molecular weight excluding hydrogens is 308 g/mol. The number of thioether (sulfide) groups is 1. The number of nitrogens with zero attached hydrogens (tertiary/aromatic N) is 1. The van der Waals surface area contributed by atoms with Gasteiger partial charge >= 0.3 is 0 Å². The largest absolute Gasteiger partial charge is 0.343 e. The predicted molar refractivity (Wildman–Crippen MR) is 93.8 cm³/mol. The van der Waals surface area contributed by atoms with Gasteiger partial charge in [0.25, 0.3) is 0 Å². The molecule has 0 aromatic heterocycles. The zero-order valence-electron chi connectivity index (χ0n) is 13.4. The maximum absolute atomic E-state index is 12.5. The fourth-order valence-corrected chi connectivity index (χ4v) is 4.27. The Morgan fingerprint density at radius 1 is 1.17 bits per heavy atom. The number of hydrogen-bond donors (Lipinski definition) is 1. The number of ketones is 1. The number of likely N-dealkylation sites (tertiary alicyclic amines) is 1. The normalized spacial score (nSPS) is 22.8. The van der Waals surface area contributed by atoms with Crippen LogP contribution >= 0.6 is 11.8 Å². The number of hydrogen-bond acceptors (Lipinski definition) is 4. The zero-order chi connectivity index (χ0) is 16.1. The highest BCUT2D eigenvalue weighted by molar-refractivity contribution is 7.99. The molecule has 0 spiro atoms. The molecule has 2 aliphatic heterocycles. The summed E-state index contributed by atoms with van der Waals surface area (Å²) >= 11 is 1.92. The first kappa shape index (κ1) is 16.5. The minimum atomic E-state index is 0.0600. The van der Waals surface area contributed by atoms with Gasteiger partial charge in [0.2, 0.25) is 5.91 Å². The summed E-state index contributed by atoms with van der Waals surface area (Å²) in [5.74, 6) is 2.68. The smallest absolute Gasteiger partial charge is 0.224 e. The minimum Gasteiger partial charge on any atom is -0.343 e. The number of carbonyl (C=O) groups excluding carboxylic acids is 2. The monoisotopic (exact) mass is 332 g/mol. The number of amides is 1. The van der Waals surface area contributed by atoms with Crippen LogP contribution in [0.2, 0.25) is 0 Å². The van der Waals surface area contributed by atoms with E-state index in [2.05, 4.69) is 5.32 Å². The number of piperidine rings is 1. The fraction of sp³-hybridized carbons (Fsp3) is 0.556. The summed E-state index contributed by atoms with van der Waals surface area (Å²) < 4.78 is 0. The molecule has 4 nitrogen and oxygen atoms in total. The maximum Gasteiger partial charge on any atom is 0.224 e. The van der Waals surface area contributed by atoms with Gasteiger partial charge in [-0.25, -0.2) is 0 Å². The molecule has 23 heavy (non-hydrogen) atoms. The second-order valence-corrected chi connectivity index (χ2v) is 7.47. The lowest BCUT2D eigenvalue weighted by Gasteiger charge is -2.33. The molecule has 1 aromatic rings. The van der Waals surface area contributed by atoms with Gasteiger partial charge in [0.05, 0.1) is 0 Å². The number of carbonyl (C=O) groups is 2. The Bertz CT molecular complexity index is 535. The van der Waals surface area contributed by atoms with E-state index in [-0.39, 0.29) is 17.6 Å². The van der Waals surface area contributed by atoms with E-state index in [0.717, 1.165) is 36.5 Å². The summed E-state index contributed by atoms with van der Waals surface area (Å²) in [5.41, 5.74) is 0.792. The Kier molecular flexibility index (Phi) is 5.73. The molecule has 2 fully saturated rings. The van der Waals surface area contributed by atoms with Gasteiger partial charge in [0.1, 0.15) is 0 Å². The Morgan fingerprint density at radius 3 is 2.57 bits per heavy atom. The summed E-state index contributed by atoms with van der Waals surface area (Å²) in [6, 6.07) is 9.81. The molecule has 0 saturated carbocycles. The average Bonchev–Trinajstić information content (AvgIpc) is 2.63. The lowest BCUT2D eigenvalue weighted by Crippen LogP contribution is -2.45. The maximum atomic E-state index is 12.5. The Balaban J connectivity index is 1.48. The zero-order valence-corrected chi connectivity index (χ0v) is 14.2. The second-order valence-electron chi connectivity index (χ2n) is 6.32. The van der Waals surface area contributed by atoms with E-state index in [1.807, 2.05) is 47.0 Å². The predicted octanol–water partition coefficient (Wildman–Crippen LogP) is 2.20. The summed E-state index contributed by atoms with van der Waals surface area (Å²) in [6.07, 6.45) is 2.16. The molecule has 0 aliphatic carbocycles. The number of benzene rings is 1. The standard InChI is InChI=1S/C18H24N2O2S/c21-17(12-16-13-23-11-8-19-16)20-9-6-15(7-10-20)18(22)14-4-2-1-3-5-14/h1-5,15-16,19H,6-13H2. The highest BCUT2D eigenvalue weighted by Gasteiger charge is 2.29. The third-order valence-corrected chi connectivity index (χ3v) is 5.83. The molecule has 1 N–H and O–H groups in total. The molecule has 1 aromatic carbocycles. The summed E-state index contributed by atoms with van der Waals surface area (Å²) in [6.45, 7) is 2.42. The van der Waals surface area contributed by atoms with Crippen LogP contribution in [-0.4, -0.2) is 53.8 Å². The number of Topliss-reactive ketones (excluding diaryl/α,β-unsaturated/α-hetero) is 1. The van der Waals surface area contributed by atoms with Gasteiger partial charge < -0.3 is 10.2 Å². The third kappa shape index (κ3) is 4.36. The first-order valence-electron chi connectivity index (χ1n) is 8.42. The van der Waals surface area contributed by atoms with Crippen molar-refractivity contribution in [1.29, 1.82) is 0 Å². The first-order chi connectivity index (χ1) is 11.2. The van der Waals surface area contributed by atoms with Crippen molar-refractivity contribution in [2.45, 2.75) is 25.3 Å². The third-order valence-electron chi connectivity index (χ3n) is 4.70. The SMILES string of the molecule is O=C(c1ccccc1)C1CCN(C(=O)CC2CSCCN2)CC1. The molecule has 3 rings (SSSR count). The van der Waals surface area contributed by atoms with Gasteiger partial charge in [0, 0.05) is 55.1 Å². The van der Waals surface area contributed by atoms with E-state index in [1.165, 1.54) is 0 Å². The Morgan fingerprint density at radius 2 is 1.91 bits per heavy atom. The van der Waals surface area contributed by atoms with E-state index >= 15 is 0 Å². The first-order valence-corrected chi connectivity index (χ1v) is 9.57. The van der Waals surface area contributed by atoms with Gasteiger partial charge in [-0.05, 0) is 12.8 Å². The van der Waals surface area contributed by atoms with Gasteiger partial charge in [-0.3, -0.25) is 9.59 Å². The van der Waals surface area contributed by atoms with Crippen LogP contribution < -0.4 is 5.32 Å². The molecule has 0 radical (unpaired) electrons. The molecule has 1 unspecified atom stereocenters. The van der Waals surface area contributed by atoms with Crippen molar-refractivity contribution in [1.82, 2.24) is 10.2 Å². The van der Waals surface area contributed by atoms with Gasteiger partial charge in [-0.1, -0.05) is 30.3 Å². The van der Waals surface area contributed by atoms with Crippen molar-refractivity contribution in [3.63, 3.8) is 0 Å². The molecular formula is C18H24N2O2S. The highest BCUT2D eigenvalue weighted by atomic mass is 32.2. The van der Waals surface area contributed by atoms with Crippen molar-refractivity contribution in [3.8, 4) is 0 Å². The number of rotatable bonds is 4. The van der Waals surface area contributed by atoms with Crippen LogP contribution in [0, 0.1) is 5.92 Å². The topological polar surface area (TPSA) is 49.4 Å². The van der Waals surface area contributed by atoms with Gasteiger partial charge in [-0.15, -0.1) is 0 Å². The summed E-state index contributed by atoms with van der Waals surface area (Å²) in [4.78, 5) is 26.8. The van der Waals surface area contributed by atoms with Crippen LogP contribution in [0.1, 0.15) is 29.6 Å². The second kappa shape index (κ2) is 7.97. The highest BCUT2D eigenvalue weighted by Crippen LogP contribution is 2.23. The van der Waals surface area contributed by atoms with E-state index in [9.17, 15) is 9.59 Å². The lowest BCUT2D eigenvalue weighted by molar-refractivity contribution is -0.132. The quantitative estimate of drug-likeness (QED) is 0.859. The lowest BCUT2D eigenvalue weighted by atomic mass is 9.89. The van der Waals surface area contributed by atoms with E-state index < -0.39 is 0 Å². The van der Waals surface area contributed by atoms with Crippen molar-refractivity contribution in [2.24, 2.45) is 5.92 Å². The van der Waals surface area contributed by atoms with Crippen LogP contribution in [-0.2, 0) is 4.79 Å². The molecule has 1 atom stereocenters. The summed E-state index contributed by atoms with van der Waals surface area (Å²) in [5, 5.41) is 3.42. The Hall–Kier alpha value is -1.33. The van der Waals surface area contributed by atoms with Gasteiger partial charge in [-0.2, -0.15) is 11.8 Å². The van der Waals surface area contributed by atoms with E-state index in [4.69, 9.17) is 0 Å². The molecule has 0 bridgehead atoms. The Labute approximate surface area is 142 Å². The molecule has 5 heteroatoms. The molecule has 2 heterocycles. The van der Waals surface area contributed by atoms with E-state index in [0.29, 0.717) is 25.6 Å². The van der Waals surface area contributed by atoms with Gasteiger partial charge in [0.15, 0.2) is 5.78 Å².